The van der Waals surface area contributed by atoms with Gasteiger partial charge in [0.2, 0.25) is 5.95 Å². The third-order valence-electron chi connectivity index (χ3n) is 6.60. The maximum atomic E-state index is 12.4. The van der Waals surface area contributed by atoms with Crippen LogP contribution >= 0.6 is 11.6 Å². The third-order valence-corrected chi connectivity index (χ3v) is 6.84. The standard InChI is InChI=1S/C23H21ClN4O2/c24-17-5-6-20-16(11-17)12-18(29)13-21-25-26-22(28(20)21)27-9-7-23(8-10-27)19-4-2-1-3-15(19)14-30-23/h1-6,11H,7-10,12-14H2. The van der Waals surface area contributed by atoms with E-state index in [4.69, 9.17) is 16.3 Å². The monoisotopic (exact) mass is 420 g/mol. The first-order chi connectivity index (χ1) is 14.6. The summed E-state index contributed by atoms with van der Waals surface area (Å²) in [6, 6.07) is 14.2. The van der Waals surface area contributed by atoms with E-state index in [-0.39, 0.29) is 17.8 Å². The molecule has 7 heteroatoms. The second-order valence-corrected chi connectivity index (χ2v) is 8.78. The van der Waals surface area contributed by atoms with Crippen LogP contribution in [0.15, 0.2) is 42.5 Å². The predicted octanol–water partition coefficient (Wildman–Crippen LogP) is 3.61. The molecule has 0 bridgehead atoms. The summed E-state index contributed by atoms with van der Waals surface area (Å²) >= 11 is 6.20. The fourth-order valence-electron chi connectivity index (χ4n) is 5.10. The van der Waals surface area contributed by atoms with E-state index in [2.05, 4.69) is 39.4 Å². The van der Waals surface area contributed by atoms with Crippen molar-refractivity contribution in [3.63, 3.8) is 0 Å². The molecule has 2 aromatic carbocycles. The lowest BCUT2D eigenvalue weighted by Crippen LogP contribution is -2.43. The minimum absolute atomic E-state index is 0.129. The smallest absolute Gasteiger partial charge is 0.231 e. The molecule has 3 aliphatic rings. The second kappa shape index (κ2) is 6.65. The molecule has 1 aromatic heterocycles. The van der Waals surface area contributed by atoms with Gasteiger partial charge in [0.1, 0.15) is 11.6 Å². The van der Waals surface area contributed by atoms with Crippen LogP contribution in [-0.2, 0) is 34.6 Å². The number of rotatable bonds is 1. The van der Waals surface area contributed by atoms with Crippen molar-refractivity contribution in [2.75, 3.05) is 18.0 Å². The number of hydrogen-bond donors (Lipinski definition) is 0. The fourth-order valence-corrected chi connectivity index (χ4v) is 5.30. The quantitative estimate of drug-likeness (QED) is 0.601. The highest BCUT2D eigenvalue weighted by Crippen LogP contribution is 2.44. The molecule has 0 atom stereocenters. The van der Waals surface area contributed by atoms with E-state index >= 15 is 0 Å². The molecule has 3 aromatic rings. The summed E-state index contributed by atoms with van der Waals surface area (Å²) in [5.41, 5.74) is 4.30. The highest BCUT2D eigenvalue weighted by atomic mass is 35.5. The van der Waals surface area contributed by atoms with E-state index in [1.54, 1.807) is 0 Å². The molecule has 30 heavy (non-hydrogen) atoms. The van der Waals surface area contributed by atoms with Crippen LogP contribution in [0.25, 0.3) is 5.69 Å². The first kappa shape index (κ1) is 18.1. The fraction of sp³-hybridized carbons (Fsp3) is 0.348. The molecule has 4 heterocycles. The molecule has 1 saturated heterocycles. The van der Waals surface area contributed by atoms with Gasteiger partial charge in [-0.1, -0.05) is 35.9 Å². The average molecular weight is 421 g/mol. The largest absolute Gasteiger partial charge is 0.365 e. The van der Waals surface area contributed by atoms with Gasteiger partial charge in [0, 0.05) is 24.5 Å². The van der Waals surface area contributed by atoms with Gasteiger partial charge in [0.15, 0.2) is 0 Å². The number of nitrogens with zero attached hydrogens (tertiary/aromatic N) is 4. The Hall–Kier alpha value is -2.70. The van der Waals surface area contributed by atoms with Crippen molar-refractivity contribution in [2.45, 2.75) is 37.9 Å². The molecule has 1 spiro atoms. The van der Waals surface area contributed by atoms with Gasteiger partial charge in [-0.15, -0.1) is 10.2 Å². The molecule has 6 rings (SSSR count). The number of hydrogen-bond acceptors (Lipinski definition) is 5. The molecule has 1 fully saturated rings. The Morgan fingerprint density at radius 1 is 1.00 bits per heavy atom. The van der Waals surface area contributed by atoms with Gasteiger partial charge < -0.3 is 9.64 Å². The van der Waals surface area contributed by atoms with Gasteiger partial charge in [-0.25, -0.2) is 0 Å². The van der Waals surface area contributed by atoms with Gasteiger partial charge in [-0.2, -0.15) is 0 Å². The molecule has 0 amide bonds. The second-order valence-electron chi connectivity index (χ2n) is 8.34. The Kier molecular flexibility index (Phi) is 4.01. The van der Waals surface area contributed by atoms with Crippen molar-refractivity contribution in [3.05, 3.63) is 70.0 Å². The van der Waals surface area contributed by atoms with Crippen molar-refractivity contribution in [3.8, 4) is 5.69 Å². The maximum absolute atomic E-state index is 12.4. The number of Topliss-reactive ketones (excluding diaryl/α,β-unsaturated/α-hetero) is 1. The van der Waals surface area contributed by atoms with Crippen molar-refractivity contribution >= 4 is 23.3 Å². The van der Waals surface area contributed by atoms with E-state index in [1.807, 2.05) is 22.8 Å². The van der Waals surface area contributed by atoms with Crippen LogP contribution < -0.4 is 4.90 Å². The van der Waals surface area contributed by atoms with E-state index in [9.17, 15) is 4.79 Å². The lowest BCUT2D eigenvalue weighted by atomic mass is 9.84. The Morgan fingerprint density at radius 2 is 1.83 bits per heavy atom. The van der Waals surface area contributed by atoms with Crippen molar-refractivity contribution in [1.82, 2.24) is 14.8 Å². The van der Waals surface area contributed by atoms with Crippen LogP contribution in [0.3, 0.4) is 0 Å². The Labute approximate surface area is 179 Å². The molecule has 0 unspecified atom stereocenters. The summed E-state index contributed by atoms with van der Waals surface area (Å²) in [4.78, 5) is 14.7. The first-order valence-electron chi connectivity index (χ1n) is 10.4. The van der Waals surface area contributed by atoms with E-state index in [0.29, 0.717) is 23.9 Å². The zero-order valence-corrected chi connectivity index (χ0v) is 17.2. The summed E-state index contributed by atoms with van der Waals surface area (Å²) in [5.74, 6) is 1.62. The molecule has 6 nitrogen and oxygen atoms in total. The van der Waals surface area contributed by atoms with Crippen molar-refractivity contribution in [1.29, 1.82) is 0 Å². The third kappa shape index (κ3) is 2.71. The highest BCUT2D eigenvalue weighted by molar-refractivity contribution is 6.30. The van der Waals surface area contributed by atoms with Gasteiger partial charge >= 0.3 is 0 Å². The normalized spacial score (nSPS) is 19.4. The summed E-state index contributed by atoms with van der Waals surface area (Å²) in [5, 5.41) is 9.50. The van der Waals surface area contributed by atoms with E-state index in [1.165, 1.54) is 11.1 Å². The van der Waals surface area contributed by atoms with Crippen LogP contribution in [-0.4, -0.2) is 33.6 Å². The van der Waals surface area contributed by atoms with Crippen LogP contribution in [0.4, 0.5) is 5.95 Å². The zero-order valence-electron chi connectivity index (χ0n) is 16.5. The number of anilines is 1. The maximum Gasteiger partial charge on any atom is 0.231 e. The number of carbonyl (C=O) groups excluding carboxylic acids is 1. The SMILES string of the molecule is O=C1Cc2cc(Cl)ccc2-n2c(nnc2N2CCC3(CC2)OCc2ccccc23)C1. The van der Waals surface area contributed by atoms with Crippen LogP contribution in [0.5, 0.6) is 0 Å². The molecule has 0 radical (unpaired) electrons. The van der Waals surface area contributed by atoms with E-state index < -0.39 is 0 Å². The summed E-state index contributed by atoms with van der Waals surface area (Å²) in [6.07, 6.45) is 2.46. The van der Waals surface area contributed by atoms with Crippen LogP contribution in [0.2, 0.25) is 5.02 Å². The Morgan fingerprint density at radius 3 is 2.70 bits per heavy atom. The van der Waals surface area contributed by atoms with E-state index in [0.717, 1.165) is 43.1 Å². The molecule has 3 aliphatic heterocycles. The number of aromatic nitrogens is 3. The highest BCUT2D eigenvalue weighted by Gasteiger charge is 2.43. The minimum Gasteiger partial charge on any atom is -0.365 e. The molecule has 0 aliphatic carbocycles. The topological polar surface area (TPSA) is 60.2 Å². The zero-order chi connectivity index (χ0) is 20.3. The lowest BCUT2D eigenvalue weighted by molar-refractivity contribution is -0.117. The molecular formula is C23H21ClN4O2. The number of carbonyl (C=O) groups is 1. The molecule has 0 N–H and O–H groups in total. The predicted molar refractivity (Wildman–Crippen MR) is 113 cm³/mol. The summed E-state index contributed by atoms with van der Waals surface area (Å²) in [7, 11) is 0. The summed E-state index contributed by atoms with van der Waals surface area (Å²) in [6.45, 7) is 2.33. The van der Waals surface area contributed by atoms with Crippen molar-refractivity contribution < 1.29 is 9.53 Å². The lowest BCUT2D eigenvalue weighted by Gasteiger charge is -2.39. The minimum atomic E-state index is -0.198. The number of fused-ring (bicyclic) bond motifs is 5. The molecule has 152 valence electrons. The Balaban J connectivity index is 1.35. The van der Waals surface area contributed by atoms with Gasteiger partial charge in [-0.3, -0.25) is 9.36 Å². The number of halogens is 1. The van der Waals surface area contributed by atoms with Gasteiger partial charge in [0.05, 0.1) is 24.3 Å². The number of benzene rings is 2. The number of ether oxygens (including phenoxy) is 1. The average Bonchev–Trinajstić information content (AvgIpc) is 3.28. The van der Waals surface area contributed by atoms with Gasteiger partial charge in [0.25, 0.3) is 0 Å². The van der Waals surface area contributed by atoms with Crippen LogP contribution in [0.1, 0.15) is 35.4 Å². The number of ketones is 1. The molecular weight excluding hydrogens is 400 g/mol. The first-order valence-corrected chi connectivity index (χ1v) is 10.7. The van der Waals surface area contributed by atoms with Crippen LogP contribution in [0, 0.1) is 0 Å². The Bertz CT molecular complexity index is 1160. The molecule has 0 saturated carbocycles. The van der Waals surface area contributed by atoms with Gasteiger partial charge in [-0.05, 0) is 47.7 Å². The number of piperidine rings is 1. The van der Waals surface area contributed by atoms with Crippen molar-refractivity contribution in [2.24, 2.45) is 0 Å². The summed E-state index contributed by atoms with van der Waals surface area (Å²) < 4.78 is 8.34.